The molecule has 0 radical (unpaired) electrons. The van der Waals surface area contributed by atoms with Gasteiger partial charge in [0.15, 0.2) is 12.1 Å². The van der Waals surface area contributed by atoms with Gasteiger partial charge >= 0.3 is 0 Å². The summed E-state index contributed by atoms with van der Waals surface area (Å²) in [5.41, 5.74) is 6.55. The summed E-state index contributed by atoms with van der Waals surface area (Å²) in [6, 6.07) is 0. The maximum atomic E-state index is 10.4. The van der Waals surface area contributed by atoms with Gasteiger partial charge in [-0.05, 0) is 60.2 Å². The fraction of sp³-hybridized carbons (Fsp3) is 0.640. The summed E-state index contributed by atoms with van der Waals surface area (Å²) < 4.78 is 5.17. The molecule has 10 heteroatoms. The van der Waals surface area contributed by atoms with E-state index < -0.39 is 17.4 Å². The number of likely N-dealkylation sites (tertiary alicyclic amines) is 1. The summed E-state index contributed by atoms with van der Waals surface area (Å²) >= 11 is 0. The Morgan fingerprint density at radius 1 is 1.40 bits per heavy atom. The van der Waals surface area contributed by atoms with Gasteiger partial charge in [-0.1, -0.05) is 43.7 Å². The molecule has 0 bridgehead atoms. The van der Waals surface area contributed by atoms with Gasteiger partial charge in [-0.3, -0.25) is 15.1 Å². The molecule has 1 rings (SSSR count). The third kappa shape index (κ3) is 22.8. The first kappa shape index (κ1) is 34.5. The highest BCUT2D eigenvalue weighted by Gasteiger charge is 2.10. The first-order valence-corrected chi connectivity index (χ1v) is 12.2. The van der Waals surface area contributed by atoms with E-state index >= 15 is 0 Å². The fourth-order valence-electron chi connectivity index (χ4n) is 2.88. The zero-order chi connectivity index (χ0) is 27.1. The number of ether oxygens (including phenoxy) is 1. The van der Waals surface area contributed by atoms with Crippen molar-refractivity contribution in [3.05, 3.63) is 58.6 Å². The molecule has 1 aliphatic rings. The highest BCUT2D eigenvalue weighted by atomic mass is 16.6. The third-order valence-corrected chi connectivity index (χ3v) is 4.43. The average molecular weight is 497 g/mol. The number of aliphatic hydroxyl groups is 1. The number of aliphatic imine (C=N–C) groups is 1. The van der Waals surface area contributed by atoms with E-state index in [2.05, 4.69) is 28.8 Å². The Kier molecular flexibility index (Phi) is 22.7. The van der Waals surface area contributed by atoms with Crippen LogP contribution in [0.15, 0.2) is 53.5 Å². The molecular formula is C25H48N6O4. The Bertz CT molecular complexity index is 673. The first-order valence-electron chi connectivity index (χ1n) is 12.2. The second kappa shape index (κ2) is 23.1. The molecule has 0 saturated carbocycles. The van der Waals surface area contributed by atoms with Crippen molar-refractivity contribution in [2.45, 2.75) is 66.3 Å². The monoisotopic (exact) mass is 496 g/mol. The van der Waals surface area contributed by atoms with Crippen LogP contribution in [0.5, 0.6) is 0 Å². The standard InChI is InChI=1S/C18H31N5O4.C5H11N.C2H6/c1-5-7-8-9-10-15(3)11-22(13-18(24)27-6-2)14-20-16(4)21-17(19)12-23(25)26;1-6-4-2-3-5-6;1-2/h5,8-10,12,14,16,18,21,24H,1,6-7,11,13,19H2,2-4H3;2-5H2,1H3;1-2H3/b9-8?,15-10+,17-12-,20-14+;;. The van der Waals surface area contributed by atoms with Crippen molar-refractivity contribution in [1.82, 2.24) is 15.1 Å². The molecule has 1 heterocycles. The molecule has 0 aromatic carbocycles. The van der Waals surface area contributed by atoms with E-state index in [0.717, 1.165) is 12.0 Å². The molecule has 0 spiro atoms. The molecule has 1 aliphatic heterocycles. The SMILES string of the molecule is C=CCC=C/C=C(\C)CN(/C=N/C(C)N/C(N)=C\[N+](=O)[O-])CC(O)OCC.CC.CN1CCCC1. The molecule has 2 atom stereocenters. The van der Waals surface area contributed by atoms with Gasteiger partial charge in [0.2, 0.25) is 0 Å². The van der Waals surface area contributed by atoms with Gasteiger partial charge in [0.1, 0.15) is 6.17 Å². The van der Waals surface area contributed by atoms with Crippen LogP contribution in [0.25, 0.3) is 0 Å². The Morgan fingerprint density at radius 2 is 2.03 bits per heavy atom. The number of nitro groups is 1. The van der Waals surface area contributed by atoms with Crippen LogP contribution in [-0.2, 0) is 4.74 Å². The van der Waals surface area contributed by atoms with Gasteiger partial charge in [-0.2, -0.15) is 0 Å². The smallest absolute Gasteiger partial charge is 0.273 e. The average Bonchev–Trinajstić information content (AvgIpc) is 3.27. The van der Waals surface area contributed by atoms with Crippen LogP contribution in [0.2, 0.25) is 0 Å². The van der Waals surface area contributed by atoms with Crippen molar-refractivity contribution in [1.29, 1.82) is 0 Å². The molecule has 4 N–H and O–H groups in total. The van der Waals surface area contributed by atoms with E-state index in [1.807, 2.05) is 45.1 Å². The first-order chi connectivity index (χ1) is 16.7. The lowest BCUT2D eigenvalue weighted by atomic mass is 10.2. The molecule has 10 nitrogen and oxygen atoms in total. The number of nitrogens with one attached hydrogen (secondary N) is 1. The number of nitrogens with two attached hydrogens (primary N) is 1. The molecule has 35 heavy (non-hydrogen) atoms. The summed E-state index contributed by atoms with van der Waals surface area (Å²) in [6.07, 6.45) is 12.1. The molecule has 1 saturated heterocycles. The van der Waals surface area contributed by atoms with E-state index in [1.165, 1.54) is 25.9 Å². The summed E-state index contributed by atoms with van der Waals surface area (Å²) in [5, 5.41) is 23.0. The van der Waals surface area contributed by atoms with Gasteiger partial charge in [0.05, 0.1) is 17.8 Å². The molecular weight excluding hydrogens is 448 g/mol. The third-order valence-electron chi connectivity index (χ3n) is 4.43. The summed E-state index contributed by atoms with van der Waals surface area (Å²) in [7, 11) is 2.17. The second-order valence-electron chi connectivity index (χ2n) is 7.77. The number of nitrogens with zero attached hydrogens (tertiary/aromatic N) is 4. The van der Waals surface area contributed by atoms with Crippen molar-refractivity contribution in [3.63, 3.8) is 0 Å². The minimum atomic E-state index is -0.951. The number of hydrogen-bond acceptors (Lipinski definition) is 8. The lowest BCUT2D eigenvalue weighted by molar-refractivity contribution is -0.403. The molecule has 0 aliphatic carbocycles. The maximum absolute atomic E-state index is 10.4. The maximum Gasteiger partial charge on any atom is 0.273 e. The normalized spacial score (nSPS) is 16.2. The lowest BCUT2D eigenvalue weighted by Gasteiger charge is -2.23. The van der Waals surface area contributed by atoms with E-state index in [4.69, 9.17) is 10.5 Å². The topological polar surface area (TPSA) is 129 Å². The highest BCUT2D eigenvalue weighted by molar-refractivity contribution is 5.55. The van der Waals surface area contributed by atoms with Gasteiger partial charge < -0.3 is 30.7 Å². The van der Waals surface area contributed by atoms with Crippen molar-refractivity contribution < 1.29 is 14.8 Å². The zero-order valence-electron chi connectivity index (χ0n) is 22.5. The van der Waals surface area contributed by atoms with Crippen LogP contribution in [-0.4, -0.2) is 78.5 Å². The second-order valence-corrected chi connectivity index (χ2v) is 7.77. The minimum absolute atomic E-state index is 0.0889. The van der Waals surface area contributed by atoms with Crippen LogP contribution < -0.4 is 11.1 Å². The summed E-state index contributed by atoms with van der Waals surface area (Å²) in [5.74, 6) is -0.0889. The Hall–Kier alpha value is -2.69. The molecule has 1 fully saturated rings. The van der Waals surface area contributed by atoms with E-state index in [1.54, 1.807) is 25.1 Å². The van der Waals surface area contributed by atoms with Crippen molar-refractivity contribution in [2.24, 2.45) is 10.7 Å². The van der Waals surface area contributed by atoms with Crippen LogP contribution in [0.4, 0.5) is 0 Å². The predicted octanol–water partition coefficient (Wildman–Crippen LogP) is 3.46. The fourth-order valence-corrected chi connectivity index (χ4v) is 2.88. The van der Waals surface area contributed by atoms with E-state index in [9.17, 15) is 15.2 Å². The Labute approximate surface area is 212 Å². The van der Waals surface area contributed by atoms with Crippen molar-refractivity contribution in [2.75, 3.05) is 39.8 Å². The van der Waals surface area contributed by atoms with Crippen LogP contribution in [0.1, 0.15) is 53.9 Å². The lowest BCUT2D eigenvalue weighted by Crippen LogP contribution is -2.36. The summed E-state index contributed by atoms with van der Waals surface area (Å²) in [4.78, 5) is 18.2. The minimum Gasteiger partial charge on any atom is -0.380 e. The number of aliphatic hydroxyl groups excluding tert-OH is 1. The van der Waals surface area contributed by atoms with Crippen LogP contribution in [0.3, 0.4) is 0 Å². The molecule has 0 aromatic heterocycles. The van der Waals surface area contributed by atoms with Crippen LogP contribution >= 0.6 is 0 Å². The summed E-state index contributed by atoms with van der Waals surface area (Å²) in [6.45, 7) is 16.9. The molecule has 202 valence electrons. The van der Waals surface area contributed by atoms with Gasteiger partial charge in [-0.15, -0.1) is 6.58 Å². The van der Waals surface area contributed by atoms with Gasteiger partial charge in [0, 0.05) is 13.2 Å². The largest absolute Gasteiger partial charge is 0.380 e. The number of rotatable bonds is 14. The van der Waals surface area contributed by atoms with Crippen molar-refractivity contribution in [3.8, 4) is 0 Å². The quantitative estimate of drug-likeness (QED) is 0.0634. The Balaban J connectivity index is 0. The van der Waals surface area contributed by atoms with Crippen molar-refractivity contribution >= 4 is 6.34 Å². The zero-order valence-corrected chi connectivity index (χ0v) is 22.5. The number of allylic oxidation sites excluding steroid dienone is 4. The number of hydrogen-bond donors (Lipinski definition) is 3. The van der Waals surface area contributed by atoms with Gasteiger partial charge in [0.25, 0.3) is 6.20 Å². The molecule has 2 unspecified atom stereocenters. The molecule has 0 amide bonds. The Morgan fingerprint density at radius 3 is 2.51 bits per heavy atom. The highest BCUT2D eigenvalue weighted by Crippen LogP contribution is 2.03. The van der Waals surface area contributed by atoms with Gasteiger partial charge in [-0.25, -0.2) is 0 Å². The van der Waals surface area contributed by atoms with E-state index in [0.29, 0.717) is 19.4 Å². The molecule has 0 aromatic rings. The predicted molar refractivity (Wildman–Crippen MR) is 145 cm³/mol. The van der Waals surface area contributed by atoms with E-state index in [-0.39, 0.29) is 12.4 Å². The van der Waals surface area contributed by atoms with Crippen LogP contribution in [0, 0.1) is 10.1 Å².